The average Bonchev–Trinajstić information content (AvgIpc) is 3.33. The summed E-state index contributed by atoms with van der Waals surface area (Å²) in [6.45, 7) is 4.57. The quantitative estimate of drug-likeness (QED) is 0.327. The molecule has 3 aromatic heterocycles. The van der Waals surface area contributed by atoms with Crippen molar-refractivity contribution in [2.24, 2.45) is 11.8 Å². The number of fused-ring (bicyclic) bond motifs is 1. The van der Waals surface area contributed by atoms with Crippen molar-refractivity contribution in [3.8, 4) is 10.6 Å². The Morgan fingerprint density at radius 1 is 1.18 bits per heavy atom. The molecule has 1 saturated heterocycles. The topological polar surface area (TPSA) is 115 Å². The van der Waals surface area contributed by atoms with Crippen LogP contribution in [0.25, 0.3) is 10.6 Å². The summed E-state index contributed by atoms with van der Waals surface area (Å²) in [6, 6.07) is 3.46. The number of carbonyl (C=O) groups excluding carboxylic acids is 2. The molecule has 0 bridgehead atoms. The molecule has 1 saturated carbocycles. The van der Waals surface area contributed by atoms with E-state index < -0.39 is 5.97 Å². The fourth-order valence-electron chi connectivity index (χ4n) is 4.26. The van der Waals surface area contributed by atoms with Crippen molar-refractivity contribution < 1.29 is 19.5 Å². The van der Waals surface area contributed by atoms with Crippen LogP contribution in [0.4, 0.5) is 5.13 Å². The predicted octanol–water partition coefficient (Wildman–Crippen LogP) is 3.93. The number of rotatable bonds is 6. The molecule has 8 nitrogen and oxygen atoms in total. The molecule has 2 aliphatic rings. The van der Waals surface area contributed by atoms with Crippen LogP contribution < -0.4 is 10.2 Å². The van der Waals surface area contributed by atoms with Crippen LogP contribution in [0.15, 0.2) is 12.1 Å². The Kier molecular flexibility index (Phi) is 6.95. The second kappa shape index (κ2) is 9.34. The van der Waals surface area contributed by atoms with Gasteiger partial charge in [-0.1, -0.05) is 34.5 Å². The molecule has 13 heteroatoms. The number of aromatic amines is 1. The minimum atomic E-state index is -1.04. The van der Waals surface area contributed by atoms with Crippen LogP contribution >= 0.6 is 45.9 Å². The zero-order valence-electron chi connectivity index (χ0n) is 17.4. The number of Topliss-reactive ketones (excluding diaryl/α,β-unsaturated/α-hetero) is 1. The third kappa shape index (κ3) is 4.32. The normalized spacial score (nSPS) is 20.6. The number of thiophene rings is 1. The van der Waals surface area contributed by atoms with Gasteiger partial charge in [-0.15, -0.1) is 11.3 Å². The first kappa shape index (κ1) is 25.3. The van der Waals surface area contributed by atoms with Crippen LogP contribution in [-0.2, 0) is 0 Å². The summed E-state index contributed by atoms with van der Waals surface area (Å²) in [5.41, 5.74) is 1.29. The van der Waals surface area contributed by atoms with Gasteiger partial charge in [0.15, 0.2) is 10.9 Å². The first-order valence-electron chi connectivity index (χ1n) is 10.1. The second-order valence-corrected chi connectivity index (χ2v) is 11.0. The number of halogens is 2. The van der Waals surface area contributed by atoms with Gasteiger partial charge >= 0.3 is 24.8 Å². The Hall–Kier alpha value is -1.80. The summed E-state index contributed by atoms with van der Waals surface area (Å²) < 4.78 is 0. The van der Waals surface area contributed by atoms with Crippen LogP contribution in [0.2, 0.25) is 10.0 Å². The number of thiazole rings is 1. The van der Waals surface area contributed by atoms with E-state index in [0.29, 0.717) is 44.4 Å². The number of nitrogens with one attached hydrogen (secondary N) is 2. The van der Waals surface area contributed by atoms with Crippen LogP contribution in [0.3, 0.4) is 0 Å². The standard InChI is InChI=1S/C21H18Cl2N4O4S2.Li.H/c1-7-13(22)14(23)17(24-7)19(29)25-15-9-5-27(6-10(9)15)21-26-16(18(33-21)20(30)31)12-4-3-11(32-12)8(2)28;;/h3-4,9-10,15,24H,5-6H2,1-2H3,(H,25,29)(H,30,31);;/t9-,10+,15+;;. The number of carboxylic acid groups (broad SMARTS) is 1. The van der Waals surface area contributed by atoms with Crippen molar-refractivity contribution in [2.45, 2.75) is 19.9 Å². The minimum absolute atomic E-state index is 0. The molecule has 2 fully saturated rings. The van der Waals surface area contributed by atoms with Crippen molar-refractivity contribution in [3.63, 3.8) is 0 Å². The molecule has 34 heavy (non-hydrogen) atoms. The van der Waals surface area contributed by atoms with Crippen molar-refractivity contribution in [3.05, 3.63) is 43.3 Å². The number of anilines is 1. The van der Waals surface area contributed by atoms with E-state index in [1.54, 1.807) is 19.1 Å². The van der Waals surface area contributed by atoms with Crippen LogP contribution in [0.5, 0.6) is 0 Å². The van der Waals surface area contributed by atoms with E-state index in [-0.39, 0.29) is 64.0 Å². The van der Waals surface area contributed by atoms with Crippen LogP contribution in [0, 0.1) is 18.8 Å². The molecular formula is C21H19Cl2LiN4O4S2. The molecule has 1 aliphatic carbocycles. The molecule has 5 rings (SSSR count). The van der Waals surface area contributed by atoms with Gasteiger partial charge in [-0.3, -0.25) is 9.59 Å². The number of aromatic carboxylic acids is 1. The van der Waals surface area contributed by atoms with Gasteiger partial charge in [0.2, 0.25) is 0 Å². The number of aromatic nitrogens is 2. The summed E-state index contributed by atoms with van der Waals surface area (Å²) in [4.78, 5) is 47.0. The summed E-state index contributed by atoms with van der Waals surface area (Å²) in [6.07, 6.45) is 0. The van der Waals surface area contributed by atoms with E-state index in [0.717, 1.165) is 11.3 Å². The Balaban J connectivity index is 0.00000274. The summed E-state index contributed by atoms with van der Waals surface area (Å²) in [5, 5.41) is 13.9. The summed E-state index contributed by atoms with van der Waals surface area (Å²) in [7, 11) is 0. The molecule has 0 aromatic carbocycles. The van der Waals surface area contributed by atoms with E-state index in [4.69, 9.17) is 23.2 Å². The molecule has 3 N–H and O–H groups in total. The number of carboxylic acids is 1. The number of piperidine rings is 1. The first-order chi connectivity index (χ1) is 15.7. The number of amides is 1. The number of hydrogen-bond donors (Lipinski definition) is 3. The van der Waals surface area contributed by atoms with E-state index >= 15 is 0 Å². The molecule has 1 amide bonds. The van der Waals surface area contributed by atoms with E-state index in [1.165, 1.54) is 18.3 Å². The van der Waals surface area contributed by atoms with Gasteiger partial charge < -0.3 is 20.3 Å². The van der Waals surface area contributed by atoms with E-state index in [2.05, 4.69) is 20.2 Å². The van der Waals surface area contributed by atoms with Crippen molar-refractivity contribution in [1.29, 1.82) is 0 Å². The van der Waals surface area contributed by atoms with Crippen molar-refractivity contribution in [1.82, 2.24) is 15.3 Å². The number of hydrogen-bond acceptors (Lipinski definition) is 7. The van der Waals surface area contributed by atoms with Gasteiger partial charge in [0.1, 0.15) is 16.3 Å². The Morgan fingerprint density at radius 2 is 1.85 bits per heavy atom. The van der Waals surface area contributed by atoms with Crippen molar-refractivity contribution in [2.75, 3.05) is 18.0 Å². The van der Waals surface area contributed by atoms with Gasteiger partial charge in [0.25, 0.3) is 5.91 Å². The number of aryl methyl sites for hydroxylation is 1. The maximum absolute atomic E-state index is 12.6. The molecule has 0 unspecified atom stereocenters. The Bertz CT molecular complexity index is 1310. The Morgan fingerprint density at radius 3 is 2.38 bits per heavy atom. The van der Waals surface area contributed by atoms with Gasteiger partial charge in [-0.25, -0.2) is 9.78 Å². The number of H-pyrrole nitrogens is 1. The fourth-order valence-corrected chi connectivity index (χ4v) is 6.57. The predicted molar refractivity (Wildman–Crippen MR) is 136 cm³/mol. The molecule has 3 aromatic rings. The van der Waals surface area contributed by atoms with Crippen LogP contribution in [0.1, 0.15) is 42.4 Å². The molecule has 1 aliphatic heterocycles. The van der Waals surface area contributed by atoms with Crippen LogP contribution in [-0.4, -0.2) is 70.7 Å². The monoisotopic (exact) mass is 532 g/mol. The zero-order valence-corrected chi connectivity index (χ0v) is 20.6. The zero-order chi connectivity index (χ0) is 23.6. The summed E-state index contributed by atoms with van der Waals surface area (Å²) in [5.74, 6) is -0.885. The van der Waals surface area contributed by atoms with E-state index in [1.807, 2.05) is 0 Å². The maximum atomic E-state index is 12.6. The average molecular weight is 533 g/mol. The van der Waals surface area contributed by atoms with E-state index in [9.17, 15) is 19.5 Å². The first-order valence-corrected chi connectivity index (χ1v) is 12.5. The summed E-state index contributed by atoms with van der Waals surface area (Å²) >= 11 is 14.6. The molecule has 4 heterocycles. The molecule has 0 radical (unpaired) electrons. The van der Waals surface area contributed by atoms with Crippen molar-refractivity contribution >= 4 is 87.5 Å². The Labute approximate surface area is 224 Å². The third-order valence-electron chi connectivity index (χ3n) is 6.04. The number of nitrogens with zero attached hydrogens (tertiary/aromatic N) is 2. The SMILES string of the molecule is CC(=O)c1ccc(-c2nc(N3C[C@@H]4[C@H](C3)[C@H]4NC(=O)c3[nH]c(C)c(Cl)c3Cl)sc2C(=O)O)s1.[LiH]. The molecule has 3 atom stereocenters. The number of carbonyl (C=O) groups is 3. The van der Waals surface area contributed by atoms with Gasteiger partial charge in [0.05, 0.1) is 19.8 Å². The third-order valence-corrected chi connectivity index (χ3v) is 9.28. The molecule has 0 spiro atoms. The number of ketones is 1. The van der Waals surface area contributed by atoms with Gasteiger partial charge in [-0.05, 0) is 26.0 Å². The van der Waals surface area contributed by atoms with Gasteiger partial charge in [0, 0.05) is 36.7 Å². The fraction of sp³-hybridized carbons (Fsp3) is 0.333. The second-order valence-electron chi connectivity index (χ2n) is 8.18. The molecule has 174 valence electrons. The molecular weight excluding hydrogens is 514 g/mol. The van der Waals surface area contributed by atoms with Gasteiger partial charge in [-0.2, -0.15) is 0 Å².